The number of fused-ring (bicyclic) bond motifs is 1. The first kappa shape index (κ1) is 17.1. The van der Waals surface area contributed by atoms with Gasteiger partial charge in [-0.25, -0.2) is 0 Å². The number of nitrogens with zero attached hydrogens (tertiary/aromatic N) is 3. The SMILES string of the molecule is CCn1nc(C(=O)N2CCCCCC2)c2c1CC[C@H](NCC1CC1)C2. The average molecular weight is 345 g/mol. The first-order chi connectivity index (χ1) is 12.3. The zero-order valence-electron chi connectivity index (χ0n) is 15.6. The Bertz CT molecular complexity index is 611. The summed E-state index contributed by atoms with van der Waals surface area (Å²) in [5, 5.41) is 8.50. The highest BCUT2D eigenvalue weighted by Crippen LogP contribution is 2.30. The van der Waals surface area contributed by atoms with E-state index in [1.54, 1.807) is 0 Å². The Balaban J connectivity index is 1.53. The van der Waals surface area contributed by atoms with Crippen LogP contribution in [0.3, 0.4) is 0 Å². The van der Waals surface area contributed by atoms with Crippen molar-refractivity contribution in [2.45, 2.75) is 77.3 Å². The Hall–Kier alpha value is -1.36. The molecule has 25 heavy (non-hydrogen) atoms. The molecule has 3 aliphatic rings. The van der Waals surface area contributed by atoms with Gasteiger partial charge in [-0.05, 0) is 64.3 Å². The van der Waals surface area contributed by atoms with Gasteiger partial charge in [-0.1, -0.05) is 12.8 Å². The molecule has 1 atom stereocenters. The molecular formula is C20H32N4O. The van der Waals surface area contributed by atoms with Crippen LogP contribution in [0, 0.1) is 5.92 Å². The molecule has 1 saturated heterocycles. The first-order valence-corrected chi connectivity index (χ1v) is 10.4. The number of likely N-dealkylation sites (tertiary alicyclic amines) is 1. The van der Waals surface area contributed by atoms with E-state index < -0.39 is 0 Å². The van der Waals surface area contributed by atoms with E-state index in [0.29, 0.717) is 6.04 Å². The number of hydrogen-bond donors (Lipinski definition) is 1. The Labute approximate surface area is 151 Å². The Morgan fingerprint density at radius 3 is 2.60 bits per heavy atom. The third-order valence-electron chi connectivity index (χ3n) is 6.13. The fourth-order valence-electron chi connectivity index (χ4n) is 4.37. The third kappa shape index (κ3) is 3.76. The van der Waals surface area contributed by atoms with Gasteiger partial charge in [-0.3, -0.25) is 9.48 Å². The molecule has 1 saturated carbocycles. The molecule has 0 aromatic carbocycles. The molecule has 1 aliphatic heterocycles. The number of hydrogen-bond acceptors (Lipinski definition) is 3. The molecule has 1 aromatic rings. The van der Waals surface area contributed by atoms with E-state index in [9.17, 15) is 4.79 Å². The summed E-state index contributed by atoms with van der Waals surface area (Å²) in [6.07, 6.45) is 10.7. The minimum atomic E-state index is 0.174. The summed E-state index contributed by atoms with van der Waals surface area (Å²) in [6, 6.07) is 0.512. The van der Waals surface area contributed by atoms with Crippen LogP contribution in [-0.2, 0) is 19.4 Å². The minimum absolute atomic E-state index is 0.174. The molecule has 0 spiro atoms. The van der Waals surface area contributed by atoms with Crippen LogP contribution in [0.4, 0.5) is 0 Å². The van der Waals surface area contributed by atoms with E-state index in [1.165, 1.54) is 43.4 Å². The highest BCUT2D eigenvalue weighted by molar-refractivity contribution is 5.94. The van der Waals surface area contributed by atoms with Crippen molar-refractivity contribution < 1.29 is 4.79 Å². The van der Waals surface area contributed by atoms with E-state index in [4.69, 9.17) is 5.10 Å². The normalized spacial score (nSPS) is 24.0. The molecular weight excluding hydrogens is 312 g/mol. The van der Waals surface area contributed by atoms with Crippen molar-refractivity contribution in [2.75, 3.05) is 19.6 Å². The molecule has 1 N–H and O–H groups in total. The van der Waals surface area contributed by atoms with E-state index in [2.05, 4.69) is 21.8 Å². The fraction of sp³-hybridized carbons (Fsp3) is 0.800. The van der Waals surface area contributed by atoms with Gasteiger partial charge in [0, 0.05) is 36.9 Å². The van der Waals surface area contributed by atoms with Crippen LogP contribution in [0.1, 0.15) is 73.6 Å². The second kappa shape index (κ2) is 7.48. The fourth-order valence-corrected chi connectivity index (χ4v) is 4.37. The largest absolute Gasteiger partial charge is 0.337 e. The van der Waals surface area contributed by atoms with Crippen molar-refractivity contribution in [3.63, 3.8) is 0 Å². The van der Waals surface area contributed by atoms with Gasteiger partial charge in [-0.15, -0.1) is 0 Å². The predicted octanol–water partition coefficient (Wildman–Crippen LogP) is 2.78. The van der Waals surface area contributed by atoms with Crippen LogP contribution in [0.15, 0.2) is 0 Å². The smallest absolute Gasteiger partial charge is 0.274 e. The highest BCUT2D eigenvalue weighted by Gasteiger charge is 2.31. The number of aryl methyl sites for hydroxylation is 1. The quantitative estimate of drug-likeness (QED) is 0.893. The van der Waals surface area contributed by atoms with Crippen molar-refractivity contribution in [1.29, 1.82) is 0 Å². The van der Waals surface area contributed by atoms with Gasteiger partial charge in [0.2, 0.25) is 0 Å². The number of rotatable bonds is 5. The Morgan fingerprint density at radius 1 is 1.16 bits per heavy atom. The third-order valence-corrected chi connectivity index (χ3v) is 6.13. The average Bonchev–Trinajstić information content (AvgIpc) is 3.43. The topological polar surface area (TPSA) is 50.2 Å². The summed E-state index contributed by atoms with van der Waals surface area (Å²) >= 11 is 0. The van der Waals surface area contributed by atoms with Gasteiger partial charge in [0.05, 0.1) is 0 Å². The lowest BCUT2D eigenvalue weighted by Gasteiger charge is -2.25. The number of carbonyl (C=O) groups is 1. The standard InChI is InChI=1S/C20H32N4O/c1-2-24-18-10-9-16(21-14-15-7-8-15)13-17(18)19(22-24)20(25)23-11-5-3-4-6-12-23/h15-16,21H,2-14H2,1H3/t16-/m0/s1. The molecule has 2 aliphatic carbocycles. The van der Waals surface area contributed by atoms with Crippen molar-refractivity contribution in [2.24, 2.45) is 5.92 Å². The molecule has 138 valence electrons. The van der Waals surface area contributed by atoms with Crippen LogP contribution in [0.2, 0.25) is 0 Å². The van der Waals surface area contributed by atoms with Crippen LogP contribution >= 0.6 is 0 Å². The van der Waals surface area contributed by atoms with Gasteiger partial charge in [0.15, 0.2) is 5.69 Å². The monoisotopic (exact) mass is 344 g/mol. The lowest BCUT2D eigenvalue weighted by Crippen LogP contribution is -2.37. The predicted molar refractivity (Wildman–Crippen MR) is 98.8 cm³/mol. The molecule has 5 heteroatoms. The number of aromatic nitrogens is 2. The maximum Gasteiger partial charge on any atom is 0.274 e. The molecule has 2 heterocycles. The van der Waals surface area contributed by atoms with Crippen molar-refractivity contribution >= 4 is 5.91 Å². The summed E-state index contributed by atoms with van der Waals surface area (Å²) in [7, 11) is 0. The summed E-state index contributed by atoms with van der Waals surface area (Å²) in [6.45, 7) is 5.93. The lowest BCUT2D eigenvalue weighted by molar-refractivity contribution is 0.0753. The molecule has 0 radical (unpaired) electrons. The second-order valence-corrected chi connectivity index (χ2v) is 8.09. The second-order valence-electron chi connectivity index (χ2n) is 8.09. The Kier molecular flexibility index (Phi) is 5.11. The van der Waals surface area contributed by atoms with Crippen LogP contribution < -0.4 is 5.32 Å². The molecule has 1 amide bonds. The van der Waals surface area contributed by atoms with Crippen LogP contribution in [-0.4, -0.2) is 46.3 Å². The van der Waals surface area contributed by atoms with E-state index in [0.717, 1.165) is 63.5 Å². The number of amides is 1. The molecule has 1 aromatic heterocycles. The zero-order valence-corrected chi connectivity index (χ0v) is 15.6. The van der Waals surface area contributed by atoms with Gasteiger partial charge in [0.1, 0.15) is 0 Å². The minimum Gasteiger partial charge on any atom is -0.337 e. The number of carbonyl (C=O) groups excluding carboxylic acids is 1. The summed E-state index contributed by atoms with van der Waals surface area (Å²) in [5.74, 6) is 1.08. The van der Waals surface area contributed by atoms with Crippen LogP contribution in [0.5, 0.6) is 0 Å². The summed E-state index contributed by atoms with van der Waals surface area (Å²) in [4.78, 5) is 15.2. The maximum absolute atomic E-state index is 13.2. The molecule has 2 fully saturated rings. The van der Waals surface area contributed by atoms with Crippen molar-refractivity contribution in [1.82, 2.24) is 20.0 Å². The van der Waals surface area contributed by atoms with Gasteiger partial charge in [-0.2, -0.15) is 5.10 Å². The van der Waals surface area contributed by atoms with Crippen molar-refractivity contribution in [3.05, 3.63) is 17.0 Å². The lowest BCUT2D eigenvalue weighted by atomic mass is 9.91. The zero-order chi connectivity index (χ0) is 17.2. The summed E-state index contributed by atoms with van der Waals surface area (Å²) < 4.78 is 2.08. The van der Waals surface area contributed by atoms with Gasteiger partial charge < -0.3 is 10.2 Å². The van der Waals surface area contributed by atoms with Crippen molar-refractivity contribution in [3.8, 4) is 0 Å². The maximum atomic E-state index is 13.2. The van der Waals surface area contributed by atoms with Gasteiger partial charge in [0.25, 0.3) is 5.91 Å². The molecule has 5 nitrogen and oxygen atoms in total. The molecule has 4 rings (SSSR count). The van der Waals surface area contributed by atoms with Gasteiger partial charge >= 0.3 is 0 Å². The number of nitrogens with one attached hydrogen (secondary N) is 1. The molecule has 0 unspecified atom stereocenters. The van der Waals surface area contributed by atoms with E-state index >= 15 is 0 Å². The highest BCUT2D eigenvalue weighted by atomic mass is 16.2. The molecule has 0 bridgehead atoms. The van der Waals surface area contributed by atoms with Crippen LogP contribution in [0.25, 0.3) is 0 Å². The van der Waals surface area contributed by atoms with E-state index in [-0.39, 0.29) is 5.91 Å². The Morgan fingerprint density at radius 2 is 1.92 bits per heavy atom. The first-order valence-electron chi connectivity index (χ1n) is 10.4. The van der Waals surface area contributed by atoms with E-state index in [1.807, 2.05) is 0 Å². The summed E-state index contributed by atoms with van der Waals surface area (Å²) in [5.41, 5.74) is 3.29.